The number of rotatable bonds is 3. The molecule has 0 atom stereocenters. The topological polar surface area (TPSA) is 42.4 Å². The van der Waals surface area contributed by atoms with Crippen LogP contribution in [0.5, 0.6) is 5.75 Å². The van der Waals surface area contributed by atoms with Gasteiger partial charge in [0.2, 0.25) is 0 Å². The molecule has 4 nitrogen and oxygen atoms in total. The van der Waals surface area contributed by atoms with Crippen molar-refractivity contribution >= 4 is 5.91 Å². The highest BCUT2D eigenvalue weighted by Crippen LogP contribution is 2.20. The predicted molar refractivity (Wildman–Crippen MR) is 89.7 cm³/mol. The van der Waals surface area contributed by atoms with Crippen molar-refractivity contribution in [2.24, 2.45) is 0 Å². The Balaban J connectivity index is 1.54. The van der Waals surface area contributed by atoms with E-state index in [9.17, 15) is 4.79 Å². The molecule has 3 rings (SSSR count). The Bertz CT molecular complexity index is 657. The number of hydrogen-bond acceptors (Lipinski definition) is 3. The first-order chi connectivity index (χ1) is 11.1. The van der Waals surface area contributed by atoms with Crippen molar-refractivity contribution in [3.05, 3.63) is 59.4 Å². The zero-order valence-corrected chi connectivity index (χ0v) is 13.7. The molecular weight excluding hydrogens is 288 g/mol. The van der Waals surface area contributed by atoms with Crippen molar-refractivity contribution in [1.82, 2.24) is 9.88 Å². The molecule has 0 aliphatic carbocycles. The van der Waals surface area contributed by atoms with Gasteiger partial charge >= 0.3 is 0 Å². The monoisotopic (exact) mass is 310 g/mol. The number of piperidine rings is 1. The van der Waals surface area contributed by atoms with Crippen molar-refractivity contribution in [1.29, 1.82) is 0 Å². The summed E-state index contributed by atoms with van der Waals surface area (Å²) < 4.78 is 5.96. The second-order valence-electron chi connectivity index (χ2n) is 6.11. The molecule has 0 radical (unpaired) electrons. The number of amides is 1. The first-order valence-corrected chi connectivity index (χ1v) is 8.07. The number of carbonyl (C=O) groups is 1. The number of ether oxygens (including phenoxy) is 1. The van der Waals surface area contributed by atoms with Gasteiger partial charge in [-0.2, -0.15) is 0 Å². The highest BCUT2D eigenvalue weighted by molar-refractivity contribution is 5.94. The maximum absolute atomic E-state index is 12.5. The van der Waals surface area contributed by atoms with Crippen LogP contribution < -0.4 is 4.74 Å². The summed E-state index contributed by atoms with van der Waals surface area (Å²) in [7, 11) is 0. The Hall–Kier alpha value is -2.36. The number of aryl methyl sites for hydroxylation is 2. The molecule has 1 aromatic carbocycles. The summed E-state index contributed by atoms with van der Waals surface area (Å²) in [4.78, 5) is 18.6. The second-order valence-corrected chi connectivity index (χ2v) is 6.11. The molecule has 1 saturated heterocycles. The Kier molecular flexibility index (Phi) is 4.60. The Morgan fingerprint density at radius 3 is 2.39 bits per heavy atom. The zero-order chi connectivity index (χ0) is 16.2. The quantitative estimate of drug-likeness (QED) is 0.873. The van der Waals surface area contributed by atoms with Crippen molar-refractivity contribution in [2.45, 2.75) is 32.8 Å². The van der Waals surface area contributed by atoms with E-state index >= 15 is 0 Å². The lowest BCUT2D eigenvalue weighted by atomic mass is 10.1. The lowest BCUT2D eigenvalue weighted by molar-refractivity contribution is 0.0595. The number of carbonyl (C=O) groups excluding carboxylic acids is 1. The fourth-order valence-electron chi connectivity index (χ4n) is 2.77. The molecule has 2 heterocycles. The van der Waals surface area contributed by atoms with E-state index in [0.717, 1.165) is 42.9 Å². The first kappa shape index (κ1) is 15.5. The Labute approximate surface area is 137 Å². The number of hydrogen-bond donors (Lipinski definition) is 0. The van der Waals surface area contributed by atoms with E-state index in [1.165, 1.54) is 5.56 Å². The summed E-state index contributed by atoms with van der Waals surface area (Å²) in [5.41, 5.74) is 2.91. The zero-order valence-electron chi connectivity index (χ0n) is 13.7. The summed E-state index contributed by atoms with van der Waals surface area (Å²) in [5, 5.41) is 0. The molecule has 1 fully saturated rings. The van der Waals surface area contributed by atoms with Crippen LogP contribution in [-0.2, 0) is 0 Å². The molecule has 0 bridgehead atoms. The molecular formula is C19H22N2O2. The highest BCUT2D eigenvalue weighted by atomic mass is 16.5. The van der Waals surface area contributed by atoms with Crippen LogP contribution in [0.4, 0.5) is 0 Å². The molecule has 0 N–H and O–H groups in total. The molecule has 120 valence electrons. The van der Waals surface area contributed by atoms with Crippen molar-refractivity contribution < 1.29 is 9.53 Å². The first-order valence-electron chi connectivity index (χ1n) is 8.07. The van der Waals surface area contributed by atoms with Crippen LogP contribution in [-0.4, -0.2) is 35.0 Å². The number of benzene rings is 1. The molecule has 0 unspecified atom stereocenters. The van der Waals surface area contributed by atoms with Gasteiger partial charge in [-0.15, -0.1) is 0 Å². The van der Waals surface area contributed by atoms with Gasteiger partial charge in [-0.05, 0) is 38.1 Å². The fraction of sp³-hybridized carbons (Fsp3) is 0.368. The summed E-state index contributed by atoms with van der Waals surface area (Å²) in [6, 6.07) is 11.7. The maximum Gasteiger partial charge on any atom is 0.253 e. The van der Waals surface area contributed by atoms with Gasteiger partial charge in [0.25, 0.3) is 5.91 Å². The van der Waals surface area contributed by atoms with Gasteiger partial charge in [-0.1, -0.05) is 17.7 Å². The number of pyridine rings is 1. The Morgan fingerprint density at radius 2 is 1.78 bits per heavy atom. The molecule has 1 aromatic heterocycles. The third-order valence-electron chi connectivity index (χ3n) is 4.21. The molecule has 23 heavy (non-hydrogen) atoms. The van der Waals surface area contributed by atoms with Crippen molar-refractivity contribution in [2.75, 3.05) is 13.1 Å². The summed E-state index contributed by atoms with van der Waals surface area (Å²) >= 11 is 0. The average molecular weight is 310 g/mol. The van der Waals surface area contributed by atoms with E-state index < -0.39 is 0 Å². The standard InChI is InChI=1S/C19H22N2O2/c1-14-3-6-16(7-4-14)19(22)21-11-9-17(10-12-21)23-18-8-5-15(2)20-13-18/h3-8,13,17H,9-12H2,1-2H3. The minimum Gasteiger partial charge on any atom is -0.489 e. The van der Waals surface area contributed by atoms with Crippen LogP contribution in [0.1, 0.15) is 34.5 Å². The molecule has 2 aromatic rings. The highest BCUT2D eigenvalue weighted by Gasteiger charge is 2.24. The lowest BCUT2D eigenvalue weighted by Crippen LogP contribution is -2.41. The summed E-state index contributed by atoms with van der Waals surface area (Å²) in [6.07, 6.45) is 3.62. The fourth-order valence-corrected chi connectivity index (χ4v) is 2.77. The van der Waals surface area contributed by atoms with E-state index in [4.69, 9.17) is 4.74 Å². The summed E-state index contributed by atoms with van der Waals surface area (Å²) in [5.74, 6) is 0.916. The second kappa shape index (κ2) is 6.82. The smallest absolute Gasteiger partial charge is 0.253 e. The van der Waals surface area contributed by atoms with Gasteiger partial charge in [-0.3, -0.25) is 9.78 Å². The van der Waals surface area contributed by atoms with Crippen molar-refractivity contribution in [3.63, 3.8) is 0 Å². The van der Waals surface area contributed by atoms with Gasteiger partial charge in [-0.25, -0.2) is 0 Å². The molecule has 4 heteroatoms. The summed E-state index contributed by atoms with van der Waals surface area (Å²) in [6.45, 7) is 5.45. The SMILES string of the molecule is Cc1ccc(C(=O)N2CCC(Oc3ccc(C)nc3)CC2)cc1. The largest absolute Gasteiger partial charge is 0.489 e. The average Bonchev–Trinajstić information content (AvgIpc) is 2.58. The lowest BCUT2D eigenvalue weighted by Gasteiger charge is -2.32. The molecule has 1 amide bonds. The molecule has 0 saturated carbocycles. The third-order valence-corrected chi connectivity index (χ3v) is 4.21. The van der Waals surface area contributed by atoms with E-state index in [1.807, 2.05) is 55.1 Å². The van der Waals surface area contributed by atoms with Gasteiger partial charge in [0, 0.05) is 37.2 Å². The van der Waals surface area contributed by atoms with Crippen LogP contribution in [0, 0.1) is 13.8 Å². The van der Waals surface area contributed by atoms with Crippen LogP contribution in [0.3, 0.4) is 0 Å². The molecule has 1 aliphatic heterocycles. The van der Waals surface area contributed by atoms with E-state index in [-0.39, 0.29) is 12.0 Å². The van der Waals surface area contributed by atoms with E-state index in [1.54, 1.807) is 6.20 Å². The van der Waals surface area contributed by atoms with Crippen molar-refractivity contribution in [3.8, 4) is 5.75 Å². The molecule has 0 spiro atoms. The van der Waals surface area contributed by atoms with Gasteiger partial charge in [0.15, 0.2) is 0 Å². The number of nitrogens with zero attached hydrogens (tertiary/aromatic N) is 2. The Morgan fingerprint density at radius 1 is 1.09 bits per heavy atom. The van der Waals surface area contributed by atoms with Gasteiger partial charge in [0.05, 0.1) is 6.20 Å². The van der Waals surface area contributed by atoms with Crippen LogP contribution >= 0.6 is 0 Å². The van der Waals surface area contributed by atoms with Crippen LogP contribution in [0.15, 0.2) is 42.6 Å². The van der Waals surface area contributed by atoms with Gasteiger partial charge < -0.3 is 9.64 Å². The van der Waals surface area contributed by atoms with E-state index in [2.05, 4.69) is 4.98 Å². The van der Waals surface area contributed by atoms with Gasteiger partial charge in [0.1, 0.15) is 11.9 Å². The van der Waals surface area contributed by atoms with Crippen LogP contribution in [0.2, 0.25) is 0 Å². The minimum absolute atomic E-state index is 0.112. The predicted octanol–water partition coefficient (Wildman–Crippen LogP) is 3.38. The van der Waals surface area contributed by atoms with Crippen LogP contribution in [0.25, 0.3) is 0 Å². The third kappa shape index (κ3) is 3.89. The van der Waals surface area contributed by atoms with E-state index in [0.29, 0.717) is 0 Å². The molecule has 1 aliphatic rings. The maximum atomic E-state index is 12.5. The number of likely N-dealkylation sites (tertiary alicyclic amines) is 1. The number of aromatic nitrogens is 1. The normalized spacial score (nSPS) is 15.5. The minimum atomic E-state index is 0.112.